The zero-order chi connectivity index (χ0) is 24.6. The van der Waals surface area contributed by atoms with E-state index in [1.54, 1.807) is 18.2 Å². The minimum Gasteiger partial charge on any atom is -0.403 e. The standard InChI is InChI=1S/C24H18Cl2N4O4S/c25-19-11-18(12-20(26)13-19)23-28-29-24(34-23)27-22(31)16-5-7-21(8-6-16)35(32,33)30-10-9-15-3-1-2-4-17(15)14-30/h1-8,11-13H,9-10,14H2,(H,27,29,31). The summed E-state index contributed by atoms with van der Waals surface area (Å²) in [7, 11) is -3.70. The van der Waals surface area contributed by atoms with Crippen LogP contribution in [0, 0.1) is 0 Å². The SMILES string of the molecule is O=C(Nc1nnc(-c2cc(Cl)cc(Cl)c2)o1)c1ccc(S(=O)(=O)N2CCc3ccccc3C2)cc1. The van der Waals surface area contributed by atoms with Crippen molar-refractivity contribution < 1.29 is 17.6 Å². The zero-order valence-corrected chi connectivity index (χ0v) is 20.4. The van der Waals surface area contributed by atoms with Crippen molar-refractivity contribution in [2.45, 2.75) is 17.9 Å². The number of carbonyl (C=O) groups is 1. The Morgan fingerprint density at radius 2 is 1.63 bits per heavy atom. The number of nitrogens with zero attached hydrogens (tertiary/aromatic N) is 3. The van der Waals surface area contributed by atoms with E-state index < -0.39 is 15.9 Å². The molecule has 1 aliphatic heterocycles. The highest BCUT2D eigenvalue weighted by Gasteiger charge is 2.28. The fourth-order valence-electron chi connectivity index (χ4n) is 3.84. The first-order valence-electron chi connectivity index (χ1n) is 10.6. The summed E-state index contributed by atoms with van der Waals surface area (Å²) in [6, 6.07) is 18.2. The average Bonchev–Trinajstić information content (AvgIpc) is 3.32. The van der Waals surface area contributed by atoms with Crippen molar-refractivity contribution in [3.05, 3.63) is 93.5 Å². The number of hydrogen-bond acceptors (Lipinski definition) is 6. The molecule has 0 radical (unpaired) electrons. The van der Waals surface area contributed by atoms with Gasteiger partial charge in [-0.1, -0.05) is 52.6 Å². The van der Waals surface area contributed by atoms with E-state index in [1.807, 2.05) is 24.3 Å². The van der Waals surface area contributed by atoms with E-state index in [0.29, 0.717) is 35.1 Å². The molecule has 3 aromatic carbocycles. The molecule has 1 aliphatic rings. The van der Waals surface area contributed by atoms with Gasteiger partial charge in [0.2, 0.25) is 15.9 Å². The van der Waals surface area contributed by atoms with Gasteiger partial charge in [-0.25, -0.2) is 8.42 Å². The lowest BCUT2D eigenvalue weighted by Crippen LogP contribution is -2.35. The van der Waals surface area contributed by atoms with Gasteiger partial charge < -0.3 is 4.42 Å². The van der Waals surface area contributed by atoms with Crippen molar-refractivity contribution in [1.82, 2.24) is 14.5 Å². The Morgan fingerprint density at radius 1 is 0.943 bits per heavy atom. The van der Waals surface area contributed by atoms with Crippen molar-refractivity contribution in [2.24, 2.45) is 0 Å². The highest BCUT2D eigenvalue weighted by Crippen LogP contribution is 2.28. The third kappa shape index (κ3) is 4.94. The highest BCUT2D eigenvalue weighted by molar-refractivity contribution is 7.89. The molecule has 0 saturated carbocycles. The predicted molar refractivity (Wildman–Crippen MR) is 132 cm³/mol. The van der Waals surface area contributed by atoms with Gasteiger partial charge in [0.05, 0.1) is 4.90 Å². The smallest absolute Gasteiger partial charge is 0.322 e. The van der Waals surface area contributed by atoms with Gasteiger partial charge in [-0.2, -0.15) is 4.31 Å². The Morgan fingerprint density at radius 3 is 2.34 bits per heavy atom. The van der Waals surface area contributed by atoms with E-state index in [0.717, 1.165) is 11.1 Å². The fraction of sp³-hybridized carbons (Fsp3) is 0.125. The minimum atomic E-state index is -3.70. The molecule has 178 valence electrons. The number of sulfonamides is 1. The van der Waals surface area contributed by atoms with Crippen molar-refractivity contribution in [1.29, 1.82) is 0 Å². The molecule has 0 fully saturated rings. The molecule has 5 rings (SSSR count). The summed E-state index contributed by atoms with van der Waals surface area (Å²) in [4.78, 5) is 12.7. The molecule has 1 aromatic heterocycles. The molecule has 2 heterocycles. The van der Waals surface area contributed by atoms with Crippen LogP contribution in [0.1, 0.15) is 21.5 Å². The van der Waals surface area contributed by atoms with Gasteiger partial charge in [0, 0.05) is 34.3 Å². The van der Waals surface area contributed by atoms with E-state index in [9.17, 15) is 13.2 Å². The third-order valence-electron chi connectivity index (χ3n) is 5.60. The Hall–Kier alpha value is -3.24. The largest absolute Gasteiger partial charge is 0.403 e. The molecule has 1 N–H and O–H groups in total. The molecule has 0 unspecified atom stereocenters. The number of anilines is 1. The van der Waals surface area contributed by atoms with Gasteiger partial charge >= 0.3 is 6.01 Å². The molecule has 35 heavy (non-hydrogen) atoms. The normalized spacial score (nSPS) is 13.9. The number of hydrogen-bond donors (Lipinski definition) is 1. The molecular weight excluding hydrogens is 511 g/mol. The van der Waals surface area contributed by atoms with Gasteiger partial charge in [0.25, 0.3) is 5.91 Å². The molecule has 0 bridgehead atoms. The number of nitrogens with one attached hydrogen (secondary N) is 1. The molecule has 4 aromatic rings. The van der Waals surface area contributed by atoms with Crippen LogP contribution in [-0.2, 0) is 23.0 Å². The van der Waals surface area contributed by atoms with Crippen LogP contribution in [0.3, 0.4) is 0 Å². The summed E-state index contributed by atoms with van der Waals surface area (Å²) in [6.07, 6.45) is 0.656. The maximum atomic E-state index is 13.1. The quantitative estimate of drug-likeness (QED) is 0.388. The van der Waals surface area contributed by atoms with Crippen LogP contribution in [0.25, 0.3) is 11.5 Å². The summed E-state index contributed by atoms with van der Waals surface area (Å²) in [5, 5.41) is 11.0. The summed E-state index contributed by atoms with van der Waals surface area (Å²) < 4.78 is 33.2. The third-order valence-corrected chi connectivity index (χ3v) is 7.90. The van der Waals surface area contributed by atoms with E-state index in [1.165, 1.54) is 28.6 Å². The second-order valence-corrected chi connectivity index (χ2v) is 10.7. The van der Waals surface area contributed by atoms with E-state index in [-0.39, 0.29) is 22.4 Å². The van der Waals surface area contributed by atoms with Crippen molar-refractivity contribution in [2.75, 3.05) is 11.9 Å². The Balaban J connectivity index is 1.28. The molecular formula is C24H18Cl2N4O4S. The number of fused-ring (bicyclic) bond motifs is 1. The van der Waals surface area contributed by atoms with Gasteiger partial charge in [-0.05, 0) is 60.0 Å². The average molecular weight is 529 g/mol. The lowest BCUT2D eigenvalue weighted by atomic mass is 10.0. The number of carbonyl (C=O) groups excluding carboxylic acids is 1. The first-order valence-corrected chi connectivity index (χ1v) is 12.8. The van der Waals surface area contributed by atoms with Gasteiger partial charge in [-0.15, -0.1) is 5.10 Å². The number of benzene rings is 3. The summed E-state index contributed by atoms with van der Waals surface area (Å²) in [5.74, 6) is -0.394. The van der Waals surface area contributed by atoms with E-state index in [4.69, 9.17) is 27.6 Å². The van der Waals surface area contributed by atoms with E-state index >= 15 is 0 Å². The Kier molecular flexibility index (Phi) is 6.33. The van der Waals surface area contributed by atoms with Crippen LogP contribution in [0.4, 0.5) is 6.01 Å². The van der Waals surface area contributed by atoms with Gasteiger partial charge in [0.1, 0.15) is 0 Å². The fourth-order valence-corrected chi connectivity index (χ4v) is 5.78. The minimum absolute atomic E-state index is 0.117. The highest BCUT2D eigenvalue weighted by atomic mass is 35.5. The Bertz CT molecular complexity index is 1500. The van der Waals surface area contributed by atoms with E-state index in [2.05, 4.69) is 15.5 Å². The van der Waals surface area contributed by atoms with Crippen molar-refractivity contribution in [3.8, 4) is 11.5 Å². The Labute approximate surface area is 211 Å². The van der Waals surface area contributed by atoms with Gasteiger partial charge in [0.15, 0.2) is 0 Å². The summed E-state index contributed by atoms with van der Waals surface area (Å²) in [6.45, 7) is 0.719. The molecule has 1 amide bonds. The number of rotatable bonds is 5. The monoisotopic (exact) mass is 528 g/mol. The number of amides is 1. The van der Waals surface area contributed by atoms with Gasteiger partial charge in [-0.3, -0.25) is 10.1 Å². The van der Waals surface area contributed by atoms with Crippen molar-refractivity contribution in [3.63, 3.8) is 0 Å². The number of halogens is 2. The van der Waals surface area contributed by atoms with Crippen LogP contribution >= 0.6 is 23.2 Å². The summed E-state index contributed by atoms with van der Waals surface area (Å²) >= 11 is 12.0. The molecule has 11 heteroatoms. The predicted octanol–water partition coefficient (Wildman–Crippen LogP) is 5.04. The molecule has 0 saturated heterocycles. The van der Waals surface area contributed by atoms with Crippen LogP contribution < -0.4 is 5.32 Å². The topological polar surface area (TPSA) is 105 Å². The second kappa shape index (κ2) is 9.43. The van der Waals surface area contributed by atoms with Crippen LogP contribution in [0.5, 0.6) is 0 Å². The second-order valence-electron chi connectivity index (χ2n) is 7.91. The maximum Gasteiger partial charge on any atom is 0.322 e. The molecule has 0 aliphatic carbocycles. The molecule has 0 spiro atoms. The zero-order valence-electron chi connectivity index (χ0n) is 18.1. The first-order chi connectivity index (χ1) is 16.8. The number of aromatic nitrogens is 2. The molecule has 0 atom stereocenters. The first kappa shape index (κ1) is 23.5. The lowest BCUT2D eigenvalue weighted by molar-refractivity contribution is 0.102. The summed E-state index contributed by atoms with van der Waals surface area (Å²) in [5.41, 5.74) is 2.90. The maximum absolute atomic E-state index is 13.1. The van der Waals surface area contributed by atoms with Crippen LogP contribution in [0.15, 0.2) is 76.0 Å². The van der Waals surface area contributed by atoms with Crippen LogP contribution in [-0.4, -0.2) is 35.4 Å². The van der Waals surface area contributed by atoms with Crippen molar-refractivity contribution >= 4 is 45.1 Å². The van der Waals surface area contributed by atoms with Crippen LogP contribution in [0.2, 0.25) is 10.0 Å². The lowest BCUT2D eigenvalue weighted by Gasteiger charge is -2.28. The molecule has 8 nitrogen and oxygen atoms in total.